The number of aromatic nitrogens is 3. The van der Waals surface area contributed by atoms with Crippen molar-refractivity contribution in [2.45, 2.75) is 17.5 Å². The summed E-state index contributed by atoms with van der Waals surface area (Å²) in [5.74, 6) is 0.797. The molecule has 0 saturated heterocycles. The molecule has 0 atom stereocenters. The standard InChI is InChI=1S/C22H15Cl2N5O4S/c23-19-7-6-15(8-20(19)24)13-34-22-26-25-21(27(22)12-14-4-2-1-3-5-14)16-9-17(28(30)31)11-18(10-16)29(32)33/h1-11H,12-13H2. The van der Waals surface area contributed by atoms with Crippen molar-refractivity contribution in [2.75, 3.05) is 0 Å². The van der Waals surface area contributed by atoms with Gasteiger partial charge >= 0.3 is 0 Å². The van der Waals surface area contributed by atoms with Gasteiger partial charge in [-0.25, -0.2) is 0 Å². The number of benzene rings is 3. The van der Waals surface area contributed by atoms with Gasteiger partial charge in [0.25, 0.3) is 11.4 Å². The van der Waals surface area contributed by atoms with Gasteiger partial charge < -0.3 is 0 Å². The van der Waals surface area contributed by atoms with Gasteiger partial charge in [0.05, 0.1) is 32.5 Å². The van der Waals surface area contributed by atoms with Gasteiger partial charge in [0.1, 0.15) is 0 Å². The maximum absolute atomic E-state index is 11.4. The van der Waals surface area contributed by atoms with E-state index in [0.29, 0.717) is 27.5 Å². The second-order valence-corrected chi connectivity index (χ2v) is 8.92. The van der Waals surface area contributed by atoms with Crippen LogP contribution in [0.25, 0.3) is 11.4 Å². The van der Waals surface area contributed by atoms with Crippen LogP contribution in [0.2, 0.25) is 10.0 Å². The summed E-state index contributed by atoms with van der Waals surface area (Å²) in [6.45, 7) is 0.364. The molecular formula is C22H15Cl2N5O4S. The van der Waals surface area contributed by atoms with Crippen LogP contribution in [0.3, 0.4) is 0 Å². The largest absolute Gasteiger partial charge is 0.298 e. The highest BCUT2D eigenvalue weighted by atomic mass is 35.5. The van der Waals surface area contributed by atoms with Crippen LogP contribution in [-0.2, 0) is 12.3 Å². The number of hydrogen-bond donors (Lipinski definition) is 0. The fourth-order valence-corrected chi connectivity index (χ4v) is 4.43. The summed E-state index contributed by atoms with van der Waals surface area (Å²) < 4.78 is 1.78. The van der Waals surface area contributed by atoms with Crippen molar-refractivity contribution < 1.29 is 9.85 Å². The molecule has 0 aliphatic heterocycles. The maximum Gasteiger partial charge on any atom is 0.277 e. The lowest BCUT2D eigenvalue weighted by atomic mass is 10.1. The SMILES string of the molecule is O=[N+]([O-])c1cc(-c2nnc(SCc3ccc(Cl)c(Cl)c3)n2Cc2ccccc2)cc([N+](=O)[O-])c1. The molecule has 4 rings (SSSR count). The second-order valence-electron chi connectivity index (χ2n) is 7.17. The van der Waals surface area contributed by atoms with Gasteiger partial charge in [-0.3, -0.25) is 24.8 Å². The average Bonchev–Trinajstić information content (AvgIpc) is 3.22. The minimum Gasteiger partial charge on any atom is -0.298 e. The number of nitro benzene ring substituents is 2. The molecule has 0 fully saturated rings. The highest BCUT2D eigenvalue weighted by Gasteiger charge is 2.22. The smallest absolute Gasteiger partial charge is 0.277 e. The molecule has 0 unspecified atom stereocenters. The third kappa shape index (κ3) is 5.36. The van der Waals surface area contributed by atoms with E-state index < -0.39 is 21.2 Å². The van der Waals surface area contributed by atoms with Crippen LogP contribution < -0.4 is 0 Å². The molecule has 0 aliphatic carbocycles. The van der Waals surface area contributed by atoms with Gasteiger partial charge in [0.15, 0.2) is 11.0 Å². The van der Waals surface area contributed by atoms with Crippen molar-refractivity contribution in [3.05, 3.63) is 108 Å². The summed E-state index contributed by atoms with van der Waals surface area (Å²) in [6, 6.07) is 18.3. The van der Waals surface area contributed by atoms with Gasteiger partial charge in [-0.2, -0.15) is 0 Å². The molecule has 0 radical (unpaired) electrons. The third-order valence-electron chi connectivity index (χ3n) is 4.83. The summed E-state index contributed by atoms with van der Waals surface area (Å²) >= 11 is 13.5. The summed E-state index contributed by atoms with van der Waals surface area (Å²) in [7, 11) is 0. The predicted octanol–water partition coefficient (Wildman–Crippen LogP) is 6.41. The third-order valence-corrected chi connectivity index (χ3v) is 6.61. The van der Waals surface area contributed by atoms with Gasteiger partial charge in [-0.15, -0.1) is 10.2 Å². The Bertz CT molecular complexity index is 1350. The van der Waals surface area contributed by atoms with Crippen LogP contribution in [0.15, 0.2) is 71.9 Å². The van der Waals surface area contributed by atoms with Crippen LogP contribution >= 0.6 is 35.0 Å². The first-order valence-corrected chi connectivity index (χ1v) is 11.5. The zero-order valence-electron chi connectivity index (χ0n) is 17.3. The molecule has 172 valence electrons. The van der Waals surface area contributed by atoms with Crippen LogP contribution in [0.5, 0.6) is 0 Å². The number of nitro groups is 2. The topological polar surface area (TPSA) is 117 Å². The molecular weight excluding hydrogens is 501 g/mol. The Morgan fingerprint density at radius 2 is 1.50 bits per heavy atom. The van der Waals surface area contributed by atoms with Crippen molar-refractivity contribution in [2.24, 2.45) is 0 Å². The number of rotatable bonds is 8. The minimum atomic E-state index is -0.672. The molecule has 4 aromatic rings. The normalized spacial score (nSPS) is 10.9. The second kappa shape index (κ2) is 10.2. The van der Waals surface area contributed by atoms with E-state index in [0.717, 1.165) is 17.2 Å². The molecule has 0 aliphatic rings. The summed E-state index contributed by atoms with van der Waals surface area (Å²) in [6.07, 6.45) is 0. The lowest BCUT2D eigenvalue weighted by Gasteiger charge is -2.11. The number of non-ortho nitro benzene ring substituents is 2. The Morgan fingerprint density at radius 3 is 2.12 bits per heavy atom. The van der Waals surface area contributed by atoms with Gasteiger partial charge in [-0.1, -0.05) is 71.4 Å². The van der Waals surface area contributed by atoms with E-state index in [1.165, 1.54) is 23.9 Å². The number of halogens is 2. The van der Waals surface area contributed by atoms with Crippen molar-refractivity contribution in [1.29, 1.82) is 0 Å². The molecule has 0 N–H and O–H groups in total. The van der Waals surface area contributed by atoms with Gasteiger partial charge in [0, 0.05) is 23.4 Å². The Hall–Kier alpha value is -3.47. The highest BCUT2D eigenvalue weighted by Crippen LogP contribution is 2.33. The lowest BCUT2D eigenvalue weighted by molar-refractivity contribution is -0.394. The van der Waals surface area contributed by atoms with Crippen LogP contribution in [0, 0.1) is 20.2 Å². The molecule has 0 spiro atoms. The van der Waals surface area contributed by atoms with E-state index in [9.17, 15) is 20.2 Å². The Labute approximate surface area is 207 Å². The minimum absolute atomic E-state index is 0.228. The Balaban J connectivity index is 1.75. The summed E-state index contributed by atoms with van der Waals surface area (Å²) in [5.41, 5.74) is 1.29. The van der Waals surface area contributed by atoms with E-state index in [2.05, 4.69) is 10.2 Å². The number of thioether (sulfide) groups is 1. The first-order chi connectivity index (χ1) is 16.3. The van der Waals surface area contributed by atoms with E-state index in [4.69, 9.17) is 23.2 Å². The lowest BCUT2D eigenvalue weighted by Crippen LogP contribution is -2.05. The predicted molar refractivity (Wildman–Crippen MR) is 130 cm³/mol. The summed E-state index contributed by atoms with van der Waals surface area (Å²) in [5, 5.41) is 32.7. The van der Waals surface area contributed by atoms with Crippen molar-refractivity contribution in [3.63, 3.8) is 0 Å². The van der Waals surface area contributed by atoms with Crippen LogP contribution in [0.4, 0.5) is 11.4 Å². The van der Waals surface area contributed by atoms with Gasteiger partial charge in [-0.05, 0) is 23.3 Å². The van der Waals surface area contributed by atoms with Crippen LogP contribution in [-0.4, -0.2) is 24.6 Å². The average molecular weight is 516 g/mol. The first-order valence-electron chi connectivity index (χ1n) is 9.80. The molecule has 0 saturated carbocycles. The fourth-order valence-electron chi connectivity index (χ4n) is 3.23. The van der Waals surface area contributed by atoms with Crippen molar-refractivity contribution >= 4 is 46.3 Å². The molecule has 0 amide bonds. The van der Waals surface area contributed by atoms with E-state index in [-0.39, 0.29) is 11.4 Å². The molecule has 1 aromatic heterocycles. The molecule has 1 heterocycles. The van der Waals surface area contributed by atoms with Crippen molar-refractivity contribution in [1.82, 2.24) is 14.8 Å². The quantitative estimate of drug-likeness (QED) is 0.151. The maximum atomic E-state index is 11.4. The van der Waals surface area contributed by atoms with E-state index in [1.54, 1.807) is 16.7 Å². The zero-order valence-corrected chi connectivity index (χ0v) is 19.6. The van der Waals surface area contributed by atoms with E-state index in [1.807, 2.05) is 36.4 Å². The van der Waals surface area contributed by atoms with Crippen LogP contribution in [0.1, 0.15) is 11.1 Å². The monoisotopic (exact) mass is 515 g/mol. The number of hydrogen-bond acceptors (Lipinski definition) is 7. The first kappa shape index (κ1) is 23.7. The molecule has 0 bridgehead atoms. The summed E-state index contributed by atoms with van der Waals surface area (Å²) in [4.78, 5) is 21.4. The van der Waals surface area contributed by atoms with Crippen molar-refractivity contribution in [3.8, 4) is 11.4 Å². The van der Waals surface area contributed by atoms with E-state index >= 15 is 0 Å². The zero-order chi connectivity index (χ0) is 24.2. The fraction of sp³-hybridized carbons (Fsp3) is 0.0909. The Morgan fingerprint density at radius 1 is 0.824 bits per heavy atom. The molecule has 34 heavy (non-hydrogen) atoms. The molecule has 3 aromatic carbocycles. The Kier molecular flexibility index (Phi) is 7.11. The van der Waals surface area contributed by atoms with Gasteiger partial charge in [0.2, 0.25) is 0 Å². The molecule has 9 nitrogen and oxygen atoms in total. The molecule has 12 heteroatoms. The highest BCUT2D eigenvalue weighted by molar-refractivity contribution is 7.98. The number of nitrogens with zero attached hydrogens (tertiary/aromatic N) is 5.